The minimum absolute atomic E-state index is 0.949. The Balaban J connectivity index is 2.12. The maximum atomic E-state index is 3.84. The molecule has 102 valence electrons. The second-order valence-electron chi connectivity index (χ2n) is 5.02. The highest BCUT2D eigenvalue weighted by molar-refractivity contribution is 5.33. The van der Waals surface area contributed by atoms with Gasteiger partial charge in [-0.1, -0.05) is 60.7 Å². The van der Waals surface area contributed by atoms with E-state index in [1.54, 1.807) is 0 Å². The van der Waals surface area contributed by atoms with E-state index in [0.29, 0.717) is 0 Å². The molecule has 0 unspecified atom stereocenters. The van der Waals surface area contributed by atoms with Gasteiger partial charge in [-0.05, 0) is 47.9 Å². The van der Waals surface area contributed by atoms with Crippen LogP contribution in [0.25, 0.3) is 0 Å². The molecule has 0 aliphatic rings. The molecule has 0 aliphatic carbocycles. The molecule has 0 heteroatoms. The van der Waals surface area contributed by atoms with E-state index in [2.05, 4.69) is 61.7 Å². The standard InChI is InChI=1S/C20H22/c1-3-9-17-11-5-7-13-19(17)15-16-20-14-8-6-12-18(20)10-4-2/h3-8,11-14H,1-2,9-10,15-16H2. The fourth-order valence-corrected chi connectivity index (χ4v) is 2.58. The zero-order valence-corrected chi connectivity index (χ0v) is 12.0. The minimum Gasteiger partial charge on any atom is -0.103 e. The lowest BCUT2D eigenvalue weighted by molar-refractivity contribution is 0.925. The van der Waals surface area contributed by atoms with E-state index in [-0.39, 0.29) is 0 Å². The lowest BCUT2D eigenvalue weighted by Crippen LogP contribution is -1.99. The molecule has 0 fully saturated rings. The van der Waals surface area contributed by atoms with Crippen molar-refractivity contribution in [1.29, 1.82) is 0 Å². The van der Waals surface area contributed by atoms with E-state index in [4.69, 9.17) is 0 Å². The van der Waals surface area contributed by atoms with Gasteiger partial charge in [0.2, 0.25) is 0 Å². The fraction of sp³-hybridized carbons (Fsp3) is 0.200. The van der Waals surface area contributed by atoms with Gasteiger partial charge >= 0.3 is 0 Å². The number of aryl methyl sites for hydroxylation is 2. The molecule has 0 aromatic heterocycles. The van der Waals surface area contributed by atoms with Crippen molar-refractivity contribution in [2.75, 3.05) is 0 Å². The van der Waals surface area contributed by atoms with Gasteiger partial charge in [-0.25, -0.2) is 0 Å². The third-order valence-corrected chi connectivity index (χ3v) is 3.63. The summed E-state index contributed by atoms with van der Waals surface area (Å²) in [4.78, 5) is 0. The molecule has 2 aromatic carbocycles. The normalized spacial score (nSPS) is 10.2. The SMILES string of the molecule is C=CCc1ccccc1CCc1ccccc1CC=C. The Bertz CT molecular complexity index is 525. The number of allylic oxidation sites excluding steroid dienone is 2. The predicted octanol–water partition coefficient (Wildman–Crippen LogP) is 4.93. The maximum absolute atomic E-state index is 3.84. The van der Waals surface area contributed by atoms with Crippen molar-refractivity contribution in [3.63, 3.8) is 0 Å². The van der Waals surface area contributed by atoms with Crippen LogP contribution in [0.1, 0.15) is 22.3 Å². The molecule has 0 radical (unpaired) electrons. The van der Waals surface area contributed by atoms with Crippen LogP contribution in [0, 0.1) is 0 Å². The van der Waals surface area contributed by atoms with Crippen LogP contribution in [-0.2, 0) is 25.7 Å². The molecule has 0 aliphatic heterocycles. The summed E-state index contributed by atoms with van der Waals surface area (Å²) in [7, 11) is 0. The fourth-order valence-electron chi connectivity index (χ4n) is 2.58. The molecule has 0 bridgehead atoms. The number of hydrogen-bond acceptors (Lipinski definition) is 0. The van der Waals surface area contributed by atoms with Crippen LogP contribution in [0.3, 0.4) is 0 Å². The van der Waals surface area contributed by atoms with Crippen LogP contribution < -0.4 is 0 Å². The van der Waals surface area contributed by atoms with Crippen molar-refractivity contribution >= 4 is 0 Å². The number of rotatable bonds is 7. The highest BCUT2D eigenvalue weighted by atomic mass is 14.1. The van der Waals surface area contributed by atoms with E-state index in [1.807, 2.05) is 12.2 Å². The van der Waals surface area contributed by atoms with E-state index in [1.165, 1.54) is 22.3 Å². The molecular weight excluding hydrogens is 240 g/mol. The summed E-state index contributed by atoms with van der Waals surface area (Å²) in [6, 6.07) is 17.3. The summed E-state index contributed by atoms with van der Waals surface area (Å²) < 4.78 is 0. The molecule has 0 spiro atoms. The summed E-state index contributed by atoms with van der Waals surface area (Å²) in [5.41, 5.74) is 5.65. The first-order chi connectivity index (χ1) is 9.85. The van der Waals surface area contributed by atoms with Crippen molar-refractivity contribution < 1.29 is 0 Å². The van der Waals surface area contributed by atoms with E-state index < -0.39 is 0 Å². The Kier molecular flexibility index (Phi) is 5.37. The molecule has 0 saturated heterocycles. The molecule has 2 rings (SSSR count). The van der Waals surface area contributed by atoms with E-state index in [9.17, 15) is 0 Å². The topological polar surface area (TPSA) is 0 Å². The Hall–Kier alpha value is -2.08. The Morgan fingerprint density at radius 2 is 0.950 bits per heavy atom. The van der Waals surface area contributed by atoms with Crippen molar-refractivity contribution in [2.24, 2.45) is 0 Å². The zero-order chi connectivity index (χ0) is 14.2. The van der Waals surface area contributed by atoms with Gasteiger partial charge in [0.05, 0.1) is 0 Å². The summed E-state index contributed by atoms with van der Waals surface area (Å²) in [5, 5.41) is 0. The van der Waals surface area contributed by atoms with Crippen LogP contribution in [0.15, 0.2) is 73.8 Å². The summed E-state index contributed by atoms with van der Waals surface area (Å²) in [5.74, 6) is 0. The summed E-state index contributed by atoms with van der Waals surface area (Å²) >= 11 is 0. The number of hydrogen-bond donors (Lipinski definition) is 0. The molecule has 20 heavy (non-hydrogen) atoms. The molecule has 0 nitrogen and oxygen atoms in total. The third kappa shape index (κ3) is 3.71. The first kappa shape index (κ1) is 14.3. The van der Waals surface area contributed by atoms with Crippen molar-refractivity contribution in [1.82, 2.24) is 0 Å². The second kappa shape index (κ2) is 7.49. The van der Waals surface area contributed by atoms with Crippen LogP contribution in [0.2, 0.25) is 0 Å². The van der Waals surface area contributed by atoms with Crippen molar-refractivity contribution in [3.8, 4) is 0 Å². The van der Waals surface area contributed by atoms with E-state index >= 15 is 0 Å². The Morgan fingerprint density at radius 1 is 0.600 bits per heavy atom. The molecule has 0 heterocycles. The first-order valence-electron chi connectivity index (χ1n) is 7.20. The first-order valence-corrected chi connectivity index (χ1v) is 7.20. The molecule has 0 saturated carbocycles. The number of benzene rings is 2. The van der Waals surface area contributed by atoms with Crippen LogP contribution in [0.4, 0.5) is 0 Å². The Labute approximate surface area is 122 Å². The third-order valence-electron chi connectivity index (χ3n) is 3.63. The largest absolute Gasteiger partial charge is 0.103 e. The molecule has 0 N–H and O–H groups in total. The van der Waals surface area contributed by atoms with Crippen molar-refractivity contribution in [3.05, 3.63) is 96.1 Å². The van der Waals surface area contributed by atoms with E-state index in [0.717, 1.165) is 25.7 Å². The minimum atomic E-state index is 0.949. The summed E-state index contributed by atoms with van der Waals surface area (Å²) in [6.07, 6.45) is 8.01. The average molecular weight is 262 g/mol. The quantitative estimate of drug-likeness (QED) is 0.621. The molecule has 2 aromatic rings. The van der Waals surface area contributed by atoms with Crippen molar-refractivity contribution in [2.45, 2.75) is 25.7 Å². The van der Waals surface area contributed by atoms with Crippen LogP contribution in [0.5, 0.6) is 0 Å². The van der Waals surface area contributed by atoms with Gasteiger partial charge in [0, 0.05) is 0 Å². The second-order valence-corrected chi connectivity index (χ2v) is 5.02. The summed E-state index contributed by atoms with van der Waals surface area (Å²) in [6.45, 7) is 7.69. The van der Waals surface area contributed by atoms with Gasteiger partial charge in [0.15, 0.2) is 0 Å². The molecule has 0 amide bonds. The highest BCUT2D eigenvalue weighted by Gasteiger charge is 2.04. The van der Waals surface area contributed by atoms with Gasteiger partial charge < -0.3 is 0 Å². The van der Waals surface area contributed by atoms with Crippen LogP contribution in [-0.4, -0.2) is 0 Å². The van der Waals surface area contributed by atoms with Gasteiger partial charge in [-0.15, -0.1) is 13.2 Å². The monoisotopic (exact) mass is 262 g/mol. The zero-order valence-electron chi connectivity index (χ0n) is 12.0. The van der Waals surface area contributed by atoms with Gasteiger partial charge in [-0.2, -0.15) is 0 Å². The molecular formula is C20H22. The highest BCUT2D eigenvalue weighted by Crippen LogP contribution is 2.16. The lowest BCUT2D eigenvalue weighted by atomic mass is 9.95. The smallest absolute Gasteiger partial charge is 0.00974 e. The lowest BCUT2D eigenvalue weighted by Gasteiger charge is -2.10. The van der Waals surface area contributed by atoms with Gasteiger partial charge in [-0.3, -0.25) is 0 Å². The van der Waals surface area contributed by atoms with Crippen LogP contribution >= 0.6 is 0 Å². The Morgan fingerprint density at radius 3 is 1.30 bits per heavy atom. The predicted molar refractivity (Wildman–Crippen MR) is 88.1 cm³/mol. The van der Waals surface area contributed by atoms with Gasteiger partial charge in [0.25, 0.3) is 0 Å². The maximum Gasteiger partial charge on any atom is -0.00974 e. The molecule has 0 atom stereocenters. The van der Waals surface area contributed by atoms with Gasteiger partial charge in [0.1, 0.15) is 0 Å². The average Bonchev–Trinajstić information content (AvgIpc) is 2.48.